The molecule has 6 heteroatoms. The van der Waals surface area contributed by atoms with E-state index in [1.807, 2.05) is 47.9 Å². The van der Waals surface area contributed by atoms with E-state index in [0.29, 0.717) is 17.5 Å². The topological polar surface area (TPSA) is 58.1 Å². The molecule has 2 heterocycles. The molecule has 0 bridgehead atoms. The van der Waals surface area contributed by atoms with Gasteiger partial charge in [-0.25, -0.2) is 4.68 Å². The minimum Gasteiger partial charge on any atom is -0.333 e. The molecule has 3 rings (SSSR count). The summed E-state index contributed by atoms with van der Waals surface area (Å²) in [5, 5.41) is 3.36. The SMILES string of the molecule is Cc1ccc(-n2[nH]c(C(=O)N3CCSC(C)C3C)cc2=O)cc1. The Labute approximate surface area is 139 Å². The van der Waals surface area contributed by atoms with Gasteiger partial charge in [0.1, 0.15) is 5.69 Å². The van der Waals surface area contributed by atoms with Gasteiger partial charge in [-0.05, 0) is 26.0 Å². The number of amides is 1. The number of hydrogen-bond acceptors (Lipinski definition) is 3. The number of rotatable bonds is 2. The summed E-state index contributed by atoms with van der Waals surface area (Å²) in [4.78, 5) is 26.8. The Morgan fingerprint density at radius 1 is 1.26 bits per heavy atom. The maximum Gasteiger partial charge on any atom is 0.272 e. The molecule has 5 nitrogen and oxygen atoms in total. The van der Waals surface area contributed by atoms with Crippen LogP contribution in [0.4, 0.5) is 0 Å². The van der Waals surface area contributed by atoms with Gasteiger partial charge in [0.05, 0.1) is 5.69 Å². The first-order valence-electron chi connectivity index (χ1n) is 7.79. The smallest absolute Gasteiger partial charge is 0.272 e. The molecule has 23 heavy (non-hydrogen) atoms. The molecule has 1 fully saturated rings. The molecular weight excluding hydrogens is 310 g/mol. The summed E-state index contributed by atoms with van der Waals surface area (Å²) in [5.74, 6) is 0.827. The van der Waals surface area contributed by atoms with Gasteiger partial charge in [0.15, 0.2) is 0 Å². The van der Waals surface area contributed by atoms with Crippen LogP contribution in [0.3, 0.4) is 0 Å². The summed E-state index contributed by atoms with van der Waals surface area (Å²) in [7, 11) is 0. The molecule has 1 saturated heterocycles. The number of hydrogen-bond donors (Lipinski definition) is 1. The number of aromatic nitrogens is 2. The normalized spacial score (nSPS) is 21.4. The lowest BCUT2D eigenvalue weighted by Crippen LogP contribution is -2.48. The number of aryl methyl sites for hydroxylation is 1. The standard InChI is InChI=1S/C17H21N3O2S/c1-11-4-6-14(7-5-11)20-16(21)10-15(18-20)17(22)19-8-9-23-13(3)12(19)2/h4-7,10,12-13,18H,8-9H2,1-3H3. The van der Waals surface area contributed by atoms with Crippen molar-refractivity contribution >= 4 is 17.7 Å². The summed E-state index contributed by atoms with van der Waals surface area (Å²) < 4.78 is 1.42. The second-order valence-electron chi connectivity index (χ2n) is 5.99. The molecule has 1 aromatic carbocycles. The van der Waals surface area contributed by atoms with Crippen LogP contribution in [-0.2, 0) is 0 Å². The highest BCUT2D eigenvalue weighted by molar-refractivity contribution is 8.00. The summed E-state index contributed by atoms with van der Waals surface area (Å²) in [6, 6.07) is 9.16. The zero-order valence-electron chi connectivity index (χ0n) is 13.6. The van der Waals surface area contributed by atoms with E-state index >= 15 is 0 Å². The first-order chi connectivity index (χ1) is 11.0. The molecule has 122 valence electrons. The van der Waals surface area contributed by atoms with Gasteiger partial charge in [0.25, 0.3) is 11.5 Å². The second-order valence-corrected chi connectivity index (χ2v) is 7.48. The number of carbonyl (C=O) groups is 1. The van der Waals surface area contributed by atoms with E-state index in [0.717, 1.165) is 17.0 Å². The third-order valence-corrected chi connectivity index (χ3v) is 5.73. The van der Waals surface area contributed by atoms with Crippen molar-refractivity contribution in [3.05, 3.63) is 51.9 Å². The summed E-state index contributed by atoms with van der Waals surface area (Å²) >= 11 is 1.88. The summed E-state index contributed by atoms with van der Waals surface area (Å²) in [6.07, 6.45) is 0. The van der Waals surface area contributed by atoms with E-state index < -0.39 is 0 Å². The van der Waals surface area contributed by atoms with Crippen molar-refractivity contribution in [2.24, 2.45) is 0 Å². The lowest BCUT2D eigenvalue weighted by molar-refractivity contribution is 0.0691. The van der Waals surface area contributed by atoms with Gasteiger partial charge in [-0.1, -0.05) is 24.6 Å². The van der Waals surface area contributed by atoms with Crippen LogP contribution in [0.5, 0.6) is 0 Å². The maximum absolute atomic E-state index is 12.7. The average molecular weight is 331 g/mol. The van der Waals surface area contributed by atoms with Crippen molar-refractivity contribution in [2.45, 2.75) is 32.1 Å². The minimum absolute atomic E-state index is 0.104. The van der Waals surface area contributed by atoms with Crippen LogP contribution in [-0.4, -0.2) is 44.2 Å². The van der Waals surface area contributed by atoms with Crippen molar-refractivity contribution in [3.63, 3.8) is 0 Å². The molecule has 1 N–H and O–H groups in total. The van der Waals surface area contributed by atoms with E-state index in [1.54, 1.807) is 0 Å². The maximum atomic E-state index is 12.7. The molecule has 1 amide bonds. The molecule has 1 aliphatic rings. The predicted molar refractivity (Wildman–Crippen MR) is 93.5 cm³/mol. The zero-order chi connectivity index (χ0) is 16.6. The number of nitrogens with zero attached hydrogens (tertiary/aromatic N) is 2. The monoisotopic (exact) mass is 331 g/mol. The number of carbonyl (C=O) groups excluding carboxylic acids is 1. The van der Waals surface area contributed by atoms with Crippen LogP contribution in [0.2, 0.25) is 0 Å². The predicted octanol–water partition coefficient (Wildman–Crippen LogP) is 2.44. The summed E-state index contributed by atoms with van der Waals surface area (Å²) in [6.45, 7) is 6.90. The highest BCUT2D eigenvalue weighted by atomic mass is 32.2. The fourth-order valence-electron chi connectivity index (χ4n) is 2.77. The number of aromatic amines is 1. The van der Waals surface area contributed by atoms with Crippen LogP contribution >= 0.6 is 11.8 Å². The molecule has 0 spiro atoms. The van der Waals surface area contributed by atoms with Gasteiger partial charge in [-0.15, -0.1) is 0 Å². The number of thioether (sulfide) groups is 1. The van der Waals surface area contributed by atoms with E-state index in [2.05, 4.69) is 18.9 Å². The third kappa shape index (κ3) is 3.08. The summed E-state index contributed by atoms with van der Waals surface area (Å²) in [5.41, 5.74) is 1.99. The highest BCUT2D eigenvalue weighted by Crippen LogP contribution is 2.25. The Morgan fingerprint density at radius 2 is 1.96 bits per heavy atom. The molecule has 2 atom stereocenters. The van der Waals surface area contributed by atoms with E-state index in [4.69, 9.17) is 0 Å². The molecular formula is C17H21N3O2S. The third-order valence-electron chi connectivity index (χ3n) is 4.39. The Bertz CT molecular complexity index is 763. The number of nitrogens with one attached hydrogen (secondary N) is 1. The fraction of sp³-hybridized carbons (Fsp3) is 0.412. The molecule has 2 aromatic rings. The quantitative estimate of drug-likeness (QED) is 0.919. The fourth-order valence-corrected chi connectivity index (χ4v) is 3.86. The van der Waals surface area contributed by atoms with Crippen molar-refractivity contribution < 1.29 is 4.79 Å². The lowest BCUT2D eigenvalue weighted by atomic mass is 10.2. The Hall–Kier alpha value is -1.95. The van der Waals surface area contributed by atoms with E-state index in [-0.39, 0.29) is 17.5 Å². The first kappa shape index (κ1) is 15.9. The Morgan fingerprint density at radius 3 is 2.65 bits per heavy atom. The number of H-pyrrole nitrogens is 1. The Balaban J connectivity index is 1.89. The molecule has 0 radical (unpaired) electrons. The molecule has 2 unspecified atom stereocenters. The van der Waals surface area contributed by atoms with Crippen LogP contribution in [0.1, 0.15) is 29.9 Å². The van der Waals surface area contributed by atoms with Gasteiger partial charge in [-0.3, -0.25) is 14.7 Å². The van der Waals surface area contributed by atoms with Crippen LogP contribution < -0.4 is 5.56 Å². The van der Waals surface area contributed by atoms with E-state index in [9.17, 15) is 9.59 Å². The van der Waals surface area contributed by atoms with Gasteiger partial charge in [-0.2, -0.15) is 11.8 Å². The molecule has 0 saturated carbocycles. The molecule has 0 aliphatic carbocycles. The second kappa shape index (κ2) is 6.28. The zero-order valence-corrected chi connectivity index (χ0v) is 14.4. The minimum atomic E-state index is -0.218. The highest BCUT2D eigenvalue weighted by Gasteiger charge is 2.30. The van der Waals surface area contributed by atoms with Crippen LogP contribution in [0, 0.1) is 6.92 Å². The van der Waals surface area contributed by atoms with Crippen molar-refractivity contribution in [1.29, 1.82) is 0 Å². The lowest BCUT2D eigenvalue weighted by Gasteiger charge is -2.37. The first-order valence-corrected chi connectivity index (χ1v) is 8.84. The Kier molecular flexibility index (Phi) is 4.35. The largest absolute Gasteiger partial charge is 0.333 e. The molecule has 1 aromatic heterocycles. The van der Waals surface area contributed by atoms with Gasteiger partial charge in [0.2, 0.25) is 0 Å². The van der Waals surface area contributed by atoms with Crippen molar-refractivity contribution in [3.8, 4) is 5.69 Å². The van der Waals surface area contributed by atoms with Crippen LogP contribution in [0.25, 0.3) is 5.69 Å². The van der Waals surface area contributed by atoms with Gasteiger partial charge in [0, 0.05) is 29.7 Å². The van der Waals surface area contributed by atoms with Gasteiger partial charge < -0.3 is 4.90 Å². The van der Waals surface area contributed by atoms with Gasteiger partial charge >= 0.3 is 0 Å². The number of benzene rings is 1. The van der Waals surface area contributed by atoms with E-state index in [1.165, 1.54) is 10.7 Å². The van der Waals surface area contributed by atoms with Crippen molar-refractivity contribution in [2.75, 3.05) is 12.3 Å². The average Bonchev–Trinajstić information content (AvgIpc) is 2.92. The van der Waals surface area contributed by atoms with Crippen LogP contribution in [0.15, 0.2) is 35.1 Å². The molecule has 1 aliphatic heterocycles. The van der Waals surface area contributed by atoms with Crippen molar-refractivity contribution in [1.82, 2.24) is 14.7 Å².